The molecule has 11 nitrogen and oxygen atoms in total. The normalized spacial score (nSPS) is 15.3. The van der Waals surface area contributed by atoms with Crippen LogP contribution in [0, 0.1) is 6.92 Å². The largest absolute Gasteiger partial charge is 0.490 e. The smallest absolute Gasteiger partial charge is 0.337 e. The van der Waals surface area contributed by atoms with Gasteiger partial charge in [-0.15, -0.1) is 0 Å². The van der Waals surface area contributed by atoms with Crippen LogP contribution in [-0.2, 0) is 16.1 Å². The summed E-state index contributed by atoms with van der Waals surface area (Å²) in [5, 5.41) is 24.0. The first kappa shape index (κ1) is 33.1. The van der Waals surface area contributed by atoms with Crippen molar-refractivity contribution >= 4 is 39.9 Å². The third kappa shape index (κ3) is 6.93. The fraction of sp³-hybridized carbons (Fsp3) is 0.237. The number of carbonyl (C=O) groups excluding carboxylic acids is 2. The van der Waals surface area contributed by atoms with E-state index in [-0.39, 0.29) is 12.2 Å². The number of methoxy groups -OCH3 is 1. The molecular formula is C38H39N5O6. The van der Waals surface area contributed by atoms with Crippen LogP contribution >= 0.6 is 0 Å². The van der Waals surface area contributed by atoms with Gasteiger partial charge in [0.1, 0.15) is 6.61 Å². The fourth-order valence-electron chi connectivity index (χ4n) is 6.24. The molecule has 0 saturated carbocycles. The van der Waals surface area contributed by atoms with Crippen molar-refractivity contribution in [1.82, 2.24) is 20.6 Å². The summed E-state index contributed by atoms with van der Waals surface area (Å²) in [5.41, 5.74) is 8.37. The number of allylic oxidation sites excluding steroid dienone is 1. The molecule has 0 bridgehead atoms. The van der Waals surface area contributed by atoms with Gasteiger partial charge in [-0.2, -0.15) is 5.10 Å². The van der Waals surface area contributed by atoms with Crippen molar-refractivity contribution in [3.63, 3.8) is 0 Å². The number of esters is 1. The number of aromatic nitrogens is 1. The van der Waals surface area contributed by atoms with Gasteiger partial charge in [0.25, 0.3) is 0 Å². The zero-order valence-electron chi connectivity index (χ0n) is 27.8. The number of rotatable bonds is 12. The Hall–Kier alpha value is -5.81. The minimum Gasteiger partial charge on any atom is -0.490 e. The number of hydrogen-bond donors (Lipinski definition) is 4. The van der Waals surface area contributed by atoms with E-state index < -0.39 is 24.3 Å². The summed E-state index contributed by atoms with van der Waals surface area (Å²) in [5.74, 6) is 0.205. The first-order chi connectivity index (χ1) is 23.8. The molecule has 11 heteroatoms. The molecule has 49 heavy (non-hydrogen) atoms. The van der Waals surface area contributed by atoms with E-state index in [1.807, 2.05) is 19.1 Å². The molecule has 2 heterocycles. The Morgan fingerprint density at radius 2 is 1.76 bits per heavy atom. The number of ether oxygens (including phenoxy) is 3. The van der Waals surface area contributed by atoms with E-state index in [1.54, 1.807) is 31.3 Å². The van der Waals surface area contributed by atoms with Crippen molar-refractivity contribution in [2.45, 2.75) is 39.6 Å². The number of carbonyl (C=O) groups is 2. The van der Waals surface area contributed by atoms with Crippen LogP contribution in [-0.4, -0.2) is 54.4 Å². The monoisotopic (exact) mass is 661 g/mol. The summed E-state index contributed by atoms with van der Waals surface area (Å²) in [6.45, 7) is 6.47. The van der Waals surface area contributed by atoms with Crippen molar-refractivity contribution in [2.75, 3.05) is 20.3 Å². The van der Waals surface area contributed by atoms with Crippen molar-refractivity contribution < 1.29 is 28.9 Å². The second-order valence-electron chi connectivity index (χ2n) is 11.7. The van der Waals surface area contributed by atoms with Gasteiger partial charge < -0.3 is 34.5 Å². The Morgan fingerprint density at radius 1 is 1.00 bits per heavy atom. The summed E-state index contributed by atoms with van der Waals surface area (Å²) in [7, 11) is 1.29. The number of benzene rings is 4. The summed E-state index contributed by atoms with van der Waals surface area (Å²) in [4.78, 5) is 24.8. The van der Waals surface area contributed by atoms with Gasteiger partial charge in [0.2, 0.25) is 0 Å². The molecule has 0 saturated heterocycles. The number of nitrogens with one attached hydrogen (secondary N) is 3. The molecule has 4 aromatic carbocycles. The molecule has 4 N–H and O–H groups in total. The highest BCUT2D eigenvalue weighted by Crippen LogP contribution is 2.35. The molecule has 2 amide bonds. The molecular weight excluding hydrogens is 622 g/mol. The maximum Gasteiger partial charge on any atom is 0.337 e. The zero-order valence-corrected chi connectivity index (χ0v) is 27.8. The van der Waals surface area contributed by atoms with E-state index in [9.17, 15) is 14.7 Å². The molecule has 2 atom stereocenters. The number of urea groups is 1. The lowest BCUT2D eigenvalue weighted by atomic mass is 9.95. The van der Waals surface area contributed by atoms with Crippen LogP contribution in [0.3, 0.4) is 0 Å². The van der Waals surface area contributed by atoms with Crippen molar-refractivity contribution in [1.29, 1.82) is 0 Å². The minimum atomic E-state index is -1.13. The van der Waals surface area contributed by atoms with E-state index in [0.717, 1.165) is 22.2 Å². The number of aliphatic hydroxyl groups excluding tert-OH is 1. The number of fused-ring (bicyclic) bond motifs is 2. The summed E-state index contributed by atoms with van der Waals surface area (Å²) in [6, 6.07) is 26.9. The topological polar surface area (TPSA) is 135 Å². The van der Waals surface area contributed by atoms with Gasteiger partial charge >= 0.3 is 12.0 Å². The maximum atomic E-state index is 12.5. The lowest BCUT2D eigenvalue weighted by Crippen LogP contribution is -2.45. The summed E-state index contributed by atoms with van der Waals surface area (Å²) >= 11 is 0. The SMILES string of the molecule is CCOc1cc([C@@H]2NC(=O)NC(C)=C2C(=O)OC)ccc1OC[C@@H](O)N/N=C/c1c(C)n(Cc2cccc3ccccc23)c2ccccc12. The van der Waals surface area contributed by atoms with E-state index in [0.29, 0.717) is 35.9 Å². The highest BCUT2D eigenvalue weighted by Gasteiger charge is 2.32. The molecule has 5 aromatic rings. The van der Waals surface area contributed by atoms with Crippen LogP contribution in [0.15, 0.2) is 101 Å². The Kier molecular flexibility index (Phi) is 9.82. The van der Waals surface area contributed by atoms with Crippen LogP contribution in [0.2, 0.25) is 0 Å². The van der Waals surface area contributed by atoms with Gasteiger partial charge in [-0.25, -0.2) is 9.59 Å². The summed E-state index contributed by atoms with van der Waals surface area (Å²) < 4.78 is 19.0. The Labute approximate surface area is 284 Å². The van der Waals surface area contributed by atoms with Crippen LogP contribution in [0.25, 0.3) is 21.7 Å². The lowest BCUT2D eigenvalue weighted by Gasteiger charge is -2.28. The standard InChI is InChI=1S/C38H39N5O6/c1-5-48-33-19-26(36-35(37(45)47-4)23(2)40-38(46)41-36)17-18-32(33)49-22-34(44)42-39-20-30-24(3)43(31-16-9-8-15-29(30)31)21-27-13-10-12-25-11-6-7-14-28(25)27/h6-20,34,36,42,44H,5,21-22H2,1-4H3,(H2,40,41,46)/b39-20+/t34-,36+/m1/s1. The van der Waals surface area contributed by atoms with Crippen LogP contribution in [0.4, 0.5) is 4.79 Å². The highest BCUT2D eigenvalue weighted by atomic mass is 16.5. The second kappa shape index (κ2) is 14.5. The quantitative estimate of drug-likeness (QED) is 0.0586. The fourth-order valence-corrected chi connectivity index (χ4v) is 6.24. The molecule has 1 aliphatic heterocycles. The van der Waals surface area contributed by atoms with E-state index in [2.05, 4.69) is 87.2 Å². The van der Waals surface area contributed by atoms with Crippen LogP contribution in [0.1, 0.15) is 42.3 Å². The predicted octanol–water partition coefficient (Wildman–Crippen LogP) is 5.67. The molecule has 0 unspecified atom stereocenters. The maximum absolute atomic E-state index is 12.5. The van der Waals surface area contributed by atoms with E-state index in [1.165, 1.54) is 23.4 Å². The zero-order chi connectivity index (χ0) is 34.5. The van der Waals surface area contributed by atoms with Gasteiger partial charge in [-0.3, -0.25) is 5.43 Å². The van der Waals surface area contributed by atoms with Crippen molar-refractivity contribution in [3.05, 3.63) is 119 Å². The molecule has 0 spiro atoms. The van der Waals surface area contributed by atoms with Gasteiger partial charge in [0.05, 0.1) is 31.5 Å². The van der Waals surface area contributed by atoms with Crippen LogP contribution < -0.4 is 25.5 Å². The van der Waals surface area contributed by atoms with Crippen LogP contribution in [0.5, 0.6) is 11.5 Å². The van der Waals surface area contributed by atoms with Gasteiger partial charge in [0, 0.05) is 34.4 Å². The van der Waals surface area contributed by atoms with Gasteiger partial charge in [-0.1, -0.05) is 66.7 Å². The number of amides is 2. The van der Waals surface area contributed by atoms with Crippen molar-refractivity contribution in [2.24, 2.45) is 5.10 Å². The third-order valence-corrected chi connectivity index (χ3v) is 8.58. The lowest BCUT2D eigenvalue weighted by molar-refractivity contribution is -0.136. The first-order valence-electron chi connectivity index (χ1n) is 16.1. The molecule has 1 aliphatic rings. The molecule has 6 rings (SSSR count). The molecule has 0 radical (unpaired) electrons. The number of hydrazone groups is 1. The van der Waals surface area contributed by atoms with E-state index >= 15 is 0 Å². The molecule has 0 aliphatic carbocycles. The predicted molar refractivity (Wildman–Crippen MR) is 189 cm³/mol. The average Bonchev–Trinajstić information content (AvgIpc) is 3.37. The number of nitrogens with zero attached hydrogens (tertiary/aromatic N) is 2. The molecule has 252 valence electrons. The minimum absolute atomic E-state index is 0.130. The first-order valence-corrected chi connectivity index (χ1v) is 16.1. The number of hydrogen-bond acceptors (Lipinski definition) is 8. The Bertz CT molecular complexity index is 2080. The van der Waals surface area contributed by atoms with Crippen molar-refractivity contribution in [3.8, 4) is 11.5 Å². The number of aliphatic hydroxyl groups is 1. The molecule has 0 fully saturated rings. The average molecular weight is 662 g/mol. The third-order valence-electron chi connectivity index (χ3n) is 8.58. The second-order valence-corrected chi connectivity index (χ2v) is 11.7. The Balaban J connectivity index is 1.16. The number of para-hydroxylation sites is 1. The Morgan fingerprint density at radius 3 is 2.55 bits per heavy atom. The highest BCUT2D eigenvalue weighted by molar-refractivity contribution is 6.01. The van der Waals surface area contributed by atoms with E-state index in [4.69, 9.17) is 14.2 Å². The summed E-state index contributed by atoms with van der Waals surface area (Å²) in [6.07, 6.45) is 0.595. The molecule has 1 aromatic heterocycles. The van der Waals surface area contributed by atoms with Gasteiger partial charge in [-0.05, 0) is 60.9 Å². The van der Waals surface area contributed by atoms with Gasteiger partial charge in [0.15, 0.2) is 17.7 Å².